The predicted octanol–water partition coefficient (Wildman–Crippen LogP) is 2.65. The van der Waals surface area contributed by atoms with Gasteiger partial charge in [-0.25, -0.2) is 0 Å². The molecule has 1 aromatic heterocycles. The number of aryl methyl sites for hydroxylation is 1. The van der Waals surface area contributed by atoms with Crippen LogP contribution >= 0.6 is 0 Å². The van der Waals surface area contributed by atoms with Crippen molar-refractivity contribution in [1.29, 1.82) is 0 Å². The summed E-state index contributed by atoms with van der Waals surface area (Å²) < 4.78 is 5.25. The van der Waals surface area contributed by atoms with Crippen molar-refractivity contribution >= 4 is 0 Å². The van der Waals surface area contributed by atoms with E-state index < -0.39 is 0 Å². The zero-order chi connectivity index (χ0) is 8.97. The van der Waals surface area contributed by atoms with Gasteiger partial charge in [-0.3, -0.25) is 0 Å². The molecule has 0 aliphatic carbocycles. The molecule has 0 saturated carbocycles. The summed E-state index contributed by atoms with van der Waals surface area (Å²) in [6, 6.07) is 2.50. The van der Waals surface area contributed by atoms with Gasteiger partial charge < -0.3 is 9.73 Å². The lowest BCUT2D eigenvalue weighted by Crippen LogP contribution is -2.20. The molecule has 0 spiro atoms. The Morgan fingerprint density at radius 1 is 1.50 bits per heavy atom. The van der Waals surface area contributed by atoms with Crippen LogP contribution in [0.5, 0.6) is 0 Å². The molecule has 1 rings (SSSR count). The number of hydrogen-bond donors (Lipinski definition) is 1. The lowest BCUT2D eigenvalue weighted by Gasteiger charge is -2.14. The van der Waals surface area contributed by atoms with Gasteiger partial charge in [0.15, 0.2) is 0 Å². The average Bonchev–Trinajstić information content (AvgIpc) is 2.47. The Kier molecular flexibility index (Phi) is 3.35. The molecule has 12 heavy (non-hydrogen) atoms. The molecule has 0 amide bonds. The van der Waals surface area contributed by atoms with Crippen LogP contribution in [-0.2, 0) is 0 Å². The van der Waals surface area contributed by atoms with Gasteiger partial charge in [-0.15, -0.1) is 0 Å². The van der Waals surface area contributed by atoms with Crippen LogP contribution in [-0.4, -0.2) is 6.54 Å². The summed E-state index contributed by atoms with van der Waals surface area (Å²) in [6.45, 7) is 7.32. The normalized spacial score (nSPS) is 13.2. The molecule has 1 aromatic rings. The Morgan fingerprint density at radius 3 is 2.67 bits per heavy atom. The highest BCUT2D eigenvalue weighted by atomic mass is 16.3. The van der Waals surface area contributed by atoms with Crippen molar-refractivity contribution in [1.82, 2.24) is 5.32 Å². The van der Waals surface area contributed by atoms with Crippen molar-refractivity contribution in [3.8, 4) is 0 Å². The molecule has 0 bridgehead atoms. The minimum atomic E-state index is 0.453. The van der Waals surface area contributed by atoms with E-state index in [1.165, 1.54) is 5.56 Å². The van der Waals surface area contributed by atoms with Gasteiger partial charge in [0.2, 0.25) is 0 Å². The smallest absolute Gasteiger partial charge is 0.105 e. The fourth-order valence-electron chi connectivity index (χ4n) is 1.48. The van der Waals surface area contributed by atoms with Gasteiger partial charge in [-0.2, -0.15) is 0 Å². The zero-order valence-electron chi connectivity index (χ0n) is 8.05. The van der Waals surface area contributed by atoms with Gasteiger partial charge >= 0.3 is 0 Å². The Hall–Kier alpha value is -0.760. The first-order valence-electron chi connectivity index (χ1n) is 4.57. The molecular weight excluding hydrogens is 150 g/mol. The summed E-state index contributed by atoms with van der Waals surface area (Å²) in [5, 5.41) is 3.42. The predicted molar refractivity (Wildman–Crippen MR) is 50.2 cm³/mol. The fourth-order valence-corrected chi connectivity index (χ4v) is 1.48. The third kappa shape index (κ3) is 1.89. The molecular formula is C10H17NO. The zero-order valence-corrected chi connectivity index (χ0v) is 8.05. The van der Waals surface area contributed by atoms with E-state index >= 15 is 0 Å². The molecule has 0 radical (unpaired) electrons. The molecule has 0 aliphatic rings. The Balaban J connectivity index is 2.72. The topological polar surface area (TPSA) is 25.2 Å². The largest absolute Gasteiger partial charge is 0.469 e. The average molecular weight is 167 g/mol. The third-order valence-electron chi connectivity index (χ3n) is 2.13. The van der Waals surface area contributed by atoms with E-state index in [1.807, 2.05) is 13.0 Å². The number of hydrogen-bond acceptors (Lipinski definition) is 2. The minimum Gasteiger partial charge on any atom is -0.469 e. The summed E-state index contributed by atoms with van der Waals surface area (Å²) in [7, 11) is 0. The Labute approximate surface area is 74.0 Å². The number of rotatable bonds is 4. The van der Waals surface area contributed by atoms with Crippen LogP contribution in [0, 0.1) is 6.92 Å². The molecule has 1 N–H and O–H groups in total. The van der Waals surface area contributed by atoms with Crippen LogP contribution in [0.15, 0.2) is 16.7 Å². The second-order valence-corrected chi connectivity index (χ2v) is 2.95. The second-order valence-electron chi connectivity index (χ2n) is 2.95. The van der Waals surface area contributed by atoms with E-state index in [2.05, 4.69) is 19.2 Å². The lowest BCUT2D eigenvalue weighted by atomic mass is 10.1. The minimum absolute atomic E-state index is 0.453. The van der Waals surface area contributed by atoms with Crippen LogP contribution in [0.3, 0.4) is 0 Å². The fraction of sp³-hybridized carbons (Fsp3) is 0.600. The summed E-state index contributed by atoms with van der Waals surface area (Å²) in [4.78, 5) is 0. The van der Waals surface area contributed by atoms with Gasteiger partial charge in [-0.1, -0.05) is 13.8 Å². The highest BCUT2D eigenvalue weighted by Gasteiger charge is 2.11. The first-order chi connectivity index (χ1) is 5.79. The molecule has 0 aliphatic heterocycles. The van der Waals surface area contributed by atoms with Crippen LogP contribution in [0.2, 0.25) is 0 Å². The molecule has 0 aromatic carbocycles. The van der Waals surface area contributed by atoms with E-state index in [0.29, 0.717) is 6.04 Å². The second kappa shape index (κ2) is 4.31. The van der Waals surface area contributed by atoms with Gasteiger partial charge in [0, 0.05) is 11.6 Å². The van der Waals surface area contributed by atoms with Gasteiger partial charge in [0.25, 0.3) is 0 Å². The maximum absolute atomic E-state index is 5.25. The van der Waals surface area contributed by atoms with Crippen molar-refractivity contribution < 1.29 is 4.42 Å². The van der Waals surface area contributed by atoms with Crippen LogP contribution in [0.1, 0.15) is 37.6 Å². The molecule has 1 unspecified atom stereocenters. The lowest BCUT2D eigenvalue weighted by molar-refractivity contribution is 0.496. The van der Waals surface area contributed by atoms with Gasteiger partial charge in [0.1, 0.15) is 5.76 Å². The molecule has 2 nitrogen and oxygen atoms in total. The Bertz CT molecular complexity index is 229. The van der Waals surface area contributed by atoms with E-state index in [-0.39, 0.29) is 0 Å². The third-order valence-corrected chi connectivity index (χ3v) is 2.13. The van der Waals surface area contributed by atoms with Crippen molar-refractivity contribution in [3.05, 3.63) is 23.7 Å². The van der Waals surface area contributed by atoms with E-state index in [1.54, 1.807) is 6.26 Å². The van der Waals surface area contributed by atoms with E-state index in [0.717, 1.165) is 18.7 Å². The maximum Gasteiger partial charge on any atom is 0.105 e. The molecule has 68 valence electrons. The summed E-state index contributed by atoms with van der Waals surface area (Å²) in [5.74, 6) is 1.03. The molecule has 0 fully saturated rings. The van der Waals surface area contributed by atoms with Crippen molar-refractivity contribution in [3.63, 3.8) is 0 Å². The summed E-state index contributed by atoms with van der Waals surface area (Å²) in [6.07, 6.45) is 2.86. The maximum atomic E-state index is 5.25. The first-order valence-corrected chi connectivity index (χ1v) is 4.57. The SMILES string of the molecule is CCNC(CC)c1ccoc1C. The van der Waals surface area contributed by atoms with Crippen molar-refractivity contribution in [2.75, 3.05) is 6.54 Å². The highest BCUT2D eigenvalue weighted by Crippen LogP contribution is 2.20. The van der Waals surface area contributed by atoms with Crippen molar-refractivity contribution in [2.24, 2.45) is 0 Å². The van der Waals surface area contributed by atoms with Gasteiger partial charge in [-0.05, 0) is 26.0 Å². The van der Waals surface area contributed by atoms with Crippen LogP contribution in [0.4, 0.5) is 0 Å². The van der Waals surface area contributed by atoms with E-state index in [4.69, 9.17) is 4.42 Å². The van der Waals surface area contributed by atoms with Gasteiger partial charge in [0.05, 0.1) is 6.26 Å². The van der Waals surface area contributed by atoms with Crippen molar-refractivity contribution in [2.45, 2.75) is 33.2 Å². The standard InChI is InChI=1S/C10H17NO/c1-4-10(11-5-2)9-6-7-12-8(9)3/h6-7,10-11H,4-5H2,1-3H3. The molecule has 2 heteroatoms. The summed E-state index contributed by atoms with van der Waals surface area (Å²) in [5.41, 5.74) is 1.29. The van der Waals surface area contributed by atoms with E-state index in [9.17, 15) is 0 Å². The number of furan rings is 1. The Morgan fingerprint density at radius 2 is 2.25 bits per heavy atom. The molecule has 1 atom stereocenters. The molecule has 1 heterocycles. The monoisotopic (exact) mass is 167 g/mol. The quantitative estimate of drug-likeness (QED) is 0.745. The summed E-state index contributed by atoms with van der Waals surface area (Å²) >= 11 is 0. The molecule has 0 saturated heterocycles. The first kappa shape index (κ1) is 9.33. The van der Waals surface area contributed by atoms with Crippen LogP contribution in [0.25, 0.3) is 0 Å². The van der Waals surface area contributed by atoms with Crippen LogP contribution < -0.4 is 5.32 Å². The number of nitrogens with one attached hydrogen (secondary N) is 1. The highest BCUT2D eigenvalue weighted by molar-refractivity contribution is 5.19.